The molecular formula is C21H25BrN2O2. The lowest BCUT2D eigenvalue weighted by atomic mass is 10.1. The molecule has 0 saturated heterocycles. The summed E-state index contributed by atoms with van der Waals surface area (Å²) in [5.41, 5.74) is 2.86. The molecule has 2 aromatic rings. The van der Waals surface area contributed by atoms with Crippen molar-refractivity contribution in [2.45, 2.75) is 26.3 Å². The fourth-order valence-corrected chi connectivity index (χ4v) is 2.92. The third-order valence-electron chi connectivity index (χ3n) is 4.29. The third-order valence-corrected chi connectivity index (χ3v) is 4.82. The van der Waals surface area contributed by atoms with Crippen LogP contribution in [0.3, 0.4) is 0 Å². The number of hydrogen-bond donors (Lipinski definition) is 0. The number of ketones is 1. The maximum Gasteiger partial charge on any atom is 0.223 e. The van der Waals surface area contributed by atoms with Crippen molar-refractivity contribution in [3.8, 4) is 0 Å². The van der Waals surface area contributed by atoms with E-state index < -0.39 is 0 Å². The maximum atomic E-state index is 12.5. The van der Waals surface area contributed by atoms with Gasteiger partial charge in [-0.2, -0.15) is 0 Å². The van der Waals surface area contributed by atoms with Crippen LogP contribution in [0, 0.1) is 0 Å². The van der Waals surface area contributed by atoms with Crippen LogP contribution in [0.1, 0.15) is 35.7 Å². The van der Waals surface area contributed by atoms with E-state index in [9.17, 15) is 9.59 Å². The normalized spacial score (nSPS) is 10.5. The Kier molecular flexibility index (Phi) is 7.39. The van der Waals surface area contributed by atoms with Crippen LogP contribution in [0.15, 0.2) is 53.0 Å². The van der Waals surface area contributed by atoms with Gasteiger partial charge in [-0.15, -0.1) is 0 Å². The molecule has 0 aliphatic rings. The molecule has 0 aliphatic heterocycles. The molecule has 2 aromatic carbocycles. The number of hydrogen-bond acceptors (Lipinski definition) is 3. The molecule has 0 radical (unpaired) electrons. The Hall–Kier alpha value is -2.14. The zero-order chi connectivity index (χ0) is 19.1. The van der Waals surface area contributed by atoms with Crippen LogP contribution in [-0.4, -0.2) is 37.2 Å². The molecule has 0 aliphatic carbocycles. The number of Topliss-reactive ketones (excluding diaryl/α,β-unsaturated/α-hetero) is 1. The second-order valence-corrected chi connectivity index (χ2v) is 7.31. The molecule has 0 fully saturated rings. The fourth-order valence-electron chi connectivity index (χ4n) is 2.65. The van der Waals surface area contributed by atoms with E-state index in [1.807, 2.05) is 62.3 Å². The standard InChI is InChI=1S/C21H25BrN2O2/c1-4-24(15-16-5-11-19(12-6-16)23(2)3)21(26)14-13-20(25)17-7-9-18(22)10-8-17/h5-12H,4,13-15H2,1-3H3. The van der Waals surface area contributed by atoms with Crippen molar-refractivity contribution in [2.24, 2.45) is 0 Å². The number of nitrogens with zero attached hydrogens (tertiary/aromatic N) is 2. The summed E-state index contributed by atoms with van der Waals surface area (Å²) in [5, 5.41) is 0. The molecule has 2 rings (SSSR count). The number of benzene rings is 2. The molecule has 138 valence electrons. The van der Waals surface area contributed by atoms with Gasteiger partial charge in [-0.25, -0.2) is 0 Å². The summed E-state index contributed by atoms with van der Waals surface area (Å²) < 4.78 is 0.933. The fraction of sp³-hybridized carbons (Fsp3) is 0.333. The highest BCUT2D eigenvalue weighted by Gasteiger charge is 2.15. The predicted molar refractivity (Wildman–Crippen MR) is 110 cm³/mol. The molecule has 0 bridgehead atoms. The van der Waals surface area contributed by atoms with Crippen LogP contribution in [0.25, 0.3) is 0 Å². The lowest BCUT2D eigenvalue weighted by Gasteiger charge is -2.21. The first-order valence-electron chi connectivity index (χ1n) is 8.73. The maximum absolute atomic E-state index is 12.5. The van der Waals surface area contributed by atoms with Gasteiger partial charge in [-0.1, -0.05) is 40.2 Å². The summed E-state index contributed by atoms with van der Waals surface area (Å²) in [6, 6.07) is 15.4. The molecule has 5 heteroatoms. The van der Waals surface area contributed by atoms with Gasteiger partial charge in [0, 0.05) is 55.8 Å². The second-order valence-electron chi connectivity index (χ2n) is 6.40. The Morgan fingerprint density at radius 3 is 2.08 bits per heavy atom. The number of carbonyl (C=O) groups excluding carboxylic acids is 2. The number of halogens is 1. The highest BCUT2D eigenvalue weighted by Crippen LogP contribution is 2.16. The van der Waals surface area contributed by atoms with E-state index in [2.05, 4.69) is 15.9 Å². The smallest absolute Gasteiger partial charge is 0.223 e. The van der Waals surface area contributed by atoms with Crippen LogP contribution in [0.4, 0.5) is 5.69 Å². The highest BCUT2D eigenvalue weighted by atomic mass is 79.9. The molecule has 0 saturated carbocycles. The van der Waals surface area contributed by atoms with Crippen LogP contribution < -0.4 is 4.90 Å². The molecule has 1 amide bonds. The van der Waals surface area contributed by atoms with Crippen LogP contribution in [0.5, 0.6) is 0 Å². The van der Waals surface area contributed by atoms with Gasteiger partial charge >= 0.3 is 0 Å². The van der Waals surface area contributed by atoms with Crippen molar-refractivity contribution >= 4 is 33.3 Å². The van der Waals surface area contributed by atoms with Crippen molar-refractivity contribution in [2.75, 3.05) is 25.5 Å². The lowest BCUT2D eigenvalue weighted by molar-refractivity contribution is -0.131. The summed E-state index contributed by atoms with van der Waals surface area (Å²) in [6.45, 7) is 3.15. The van der Waals surface area contributed by atoms with Gasteiger partial charge in [0.1, 0.15) is 0 Å². The van der Waals surface area contributed by atoms with Gasteiger partial charge < -0.3 is 9.80 Å². The van der Waals surface area contributed by atoms with E-state index in [0.29, 0.717) is 18.7 Å². The molecule has 0 atom stereocenters. The molecule has 0 aromatic heterocycles. The Balaban J connectivity index is 1.91. The quantitative estimate of drug-likeness (QED) is 0.593. The number of anilines is 1. The van der Waals surface area contributed by atoms with Crippen molar-refractivity contribution in [1.29, 1.82) is 0 Å². The summed E-state index contributed by atoms with van der Waals surface area (Å²) in [6.07, 6.45) is 0.467. The molecule has 0 N–H and O–H groups in total. The zero-order valence-electron chi connectivity index (χ0n) is 15.5. The summed E-state index contributed by atoms with van der Waals surface area (Å²) >= 11 is 3.35. The molecule has 0 spiro atoms. The minimum atomic E-state index is -0.00256. The second kappa shape index (κ2) is 9.53. The SMILES string of the molecule is CCN(Cc1ccc(N(C)C)cc1)C(=O)CCC(=O)c1ccc(Br)cc1. The first-order chi connectivity index (χ1) is 12.4. The van der Waals surface area contributed by atoms with Crippen molar-refractivity contribution in [3.63, 3.8) is 0 Å². The third kappa shape index (κ3) is 5.70. The Morgan fingerprint density at radius 2 is 1.54 bits per heavy atom. The monoisotopic (exact) mass is 416 g/mol. The van der Waals surface area contributed by atoms with Crippen LogP contribution in [0.2, 0.25) is 0 Å². The van der Waals surface area contributed by atoms with E-state index in [-0.39, 0.29) is 24.5 Å². The molecule has 4 nitrogen and oxygen atoms in total. The molecule has 26 heavy (non-hydrogen) atoms. The minimum Gasteiger partial charge on any atom is -0.378 e. The van der Waals surface area contributed by atoms with E-state index in [1.165, 1.54) is 0 Å². The average molecular weight is 417 g/mol. The summed E-state index contributed by atoms with van der Waals surface area (Å²) in [4.78, 5) is 28.6. The summed E-state index contributed by atoms with van der Waals surface area (Å²) in [7, 11) is 4.00. The first-order valence-corrected chi connectivity index (χ1v) is 9.52. The Labute approximate surface area is 163 Å². The van der Waals surface area contributed by atoms with Gasteiger partial charge in [0.05, 0.1) is 0 Å². The van der Waals surface area contributed by atoms with E-state index in [1.54, 1.807) is 17.0 Å². The topological polar surface area (TPSA) is 40.6 Å². The largest absolute Gasteiger partial charge is 0.378 e. The van der Waals surface area contributed by atoms with Crippen molar-refractivity contribution in [3.05, 3.63) is 64.1 Å². The van der Waals surface area contributed by atoms with E-state index in [4.69, 9.17) is 0 Å². The molecule has 0 unspecified atom stereocenters. The van der Waals surface area contributed by atoms with Gasteiger partial charge in [0.2, 0.25) is 5.91 Å². The van der Waals surface area contributed by atoms with E-state index in [0.717, 1.165) is 15.7 Å². The number of rotatable bonds is 8. The Morgan fingerprint density at radius 1 is 0.923 bits per heavy atom. The van der Waals surface area contributed by atoms with Crippen LogP contribution >= 0.6 is 15.9 Å². The predicted octanol–water partition coefficient (Wildman–Crippen LogP) is 4.53. The highest BCUT2D eigenvalue weighted by molar-refractivity contribution is 9.10. The van der Waals surface area contributed by atoms with E-state index >= 15 is 0 Å². The molecular weight excluding hydrogens is 392 g/mol. The van der Waals surface area contributed by atoms with Gasteiger partial charge in [0.25, 0.3) is 0 Å². The lowest BCUT2D eigenvalue weighted by Crippen LogP contribution is -2.30. The zero-order valence-corrected chi connectivity index (χ0v) is 17.1. The summed E-state index contributed by atoms with van der Waals surface area (Å²) in [5.74, 6) is 0.00638. The molecule has 0 heterocycles. The van der Waals surface area contributed by atoms with Crippen LogP contribution in [-0.2, 0) is 11.3 Å². The first kappa shape index (κ1) is 20.2. The Bertz CT molecular complexity index is 740. The minimum absolute atomic E-state index is 0.00256. The number of carbonyl (C=O) groups is 2. The van der Waals surface area contributed by atoms with Gasteiger partial charge in [-0.05, 0) is 36.8 Å². The van der Waals surface area contributed by atoms with Gasteiger partial charge in [0.15, 0.2) is 5.78 Å². The van der Waals surface area contributed by atoms with Crippen molar-refractivity contribution in [1.82, 2.24) is 4.90 Å². The average Bonchev–Trinajstić information content (AvgIpc) is 2.64. The van der Waals surface area contributed by atoms with Gasteiger partial charge in [-0.3, -0.25) is 9.59 Å². The van der Waals surface area contributed by atoms with Crippen molar-refractivity contribution < 1.29 is 9.59 Å². The number of amides is 1.